The molecule has 166 valence electrons. The molecule has 3 heterocycles. The number of piperidine rings is 1. The van der Waals surface area contributed by atoms with Crippen LogP contribution in [0, 0.1) is 0 Å². The lowest BCUT2D eigenvalue weighted by molar-refractivity contribution is -0.274. The highest BCUT2D eigenvalue weighted by molar-refractivity contribution is 5.94. The van der Waals surface area contributed by atoms with Gasteiger partial charge in [-0.05, 0) is 55.7 Å². The lowest BCUT2D eigenvalue weighted by atomic mass is 10.1. The number of halogens is 3. The van der Waals surface area contributed by atoms with Crippen molar-refractivity contribution in [1.29, 1.82) is 0 Å². The number of aromatic nitrogens is 2. The van der Waals surface area contributed by atoms with Crippen LogP contribution in [0.25, 0.3) is 0 Å². The number of hydrogen-bond donors (Lipinski definition) is 0. The third-order valence-corrected chi connectivity index (χ3v) is 5.54. The van der Waals surface area contributed by atoms with E-state index >= 15 is 0 Å². The van der Waals surface area contributed by atoms with E-state index in [0.717, 1.165) is 36.9 Å². The summed E-state index contributed by atoms with van der Waals surface area (Å²) >= 11 is 0. The number of carbonyl (C=O) groups excluding carboxylic acids is 1. The van der Waals surface area contributed by atoms with Crippen molar-refractivity contribution in [2.24, 2.45) is 0 Å². The maximum absolute atomic E-state index is 12.7. The maximum atomic E-state index is 12.7. The molecule has 0 unspecified atom stereocenters. The van der Waals surface area contributed by atoms with Crippen LogP contribution in [0.1, 0.15) is 29.6 Å². The van der Waals surface area contributed by atoms with Gasteiger partial charge in [-0.1, -0.05) is 0 Å². The zero-order chi connectivity index (χ0) is 21.8. The van der Waals surface area contributed by atoms with Crippen LogP contribution in [0.5, 0.6) is 5.75 Å². The number of piperazine rings is 1. The molecule has 0 atom stereocenters. The van der Waals surface area contributed by atoms with Crippen LogP contribution in [0.3, 0.4) is 0 Å². The minimum atomic E-state index is -4.75. The standard InChI is InChI=1S/C21H24F3N5O2/c22-21(23,24)31-17-6-4-16(5-7-17)20(30)29-14-12-28(13-15-29)19-9-8-18(25-26-19)27-10-2-1-3-11-27/h4-9H,1-3,10-15H2. The molecule has 4 rings (SSSR count). The van der Waals surface area contributed by atoms with Crippen molar-refractivity contribution in [3.8, 4) is 5.75 Å². The monoisotopic (exact) mass is 435 g/mol. The summed E-state index contributed by atoms with van der Waals surface area (Å²) in [6, 6.07) is 8.96. The summed E-state index contributed by atoms with van der Waals surface area (Å²) in [5.41, 5.74) is 0.327. The van der Waals surface area contributed by atoms with E-state index in [-0.39, 0.29) is 11.7 Å². The Kier molecular flexibility index (Phi) is 6.15. The zero-order valence-electron chi connectivity index (χ0n) is 17.0. The average Bonchev–Trinajstić information content (AvgIpc) is 2.79. The Bertz CT molecular complexity index is 875. The summed E-state index contributed by atoms with van der Waals surface area (Å²) in [6.07, 6.45) is -1.14. The van der Waals surface area contributed by atoms with Crippen molar-refractivity contribution in [1.82, 2.24) is 15.1 Å². The lowest BCUT2D eigenvalue weighted by Gasteiger charge is -2.35. The van der Waals surface area contributed by atoms with Gasteiger partial charge in [-0.2, -0.15) is 0 Å². The van der Waals surface area contributed by atoms with Crippen LogP contribution in [-0.4, -0.2) is 66.6 Å². The van der Waals surface area contributed by atoms with E-state index in [0.29, 0.717) is 31.7 Å². The summed E-state index contributed by atoms with van der Waals surface area (Å²) < 4.78 is 40.7. The normalized spacial score (nSPS) is 17.6. The molecule has 1 aromatic heterocycles. The van der Waals surface area contributed by atoms with Gasteiger partial charge in [0.2, 0.25) is 0 Å². The molecular formula is C21H24F3N5O2. The molecule has 10 heteroatoms. The van der Waals surface area contributed by atoms with Crippen molar-refractivity contribution >= 4 is 17.5 Å². The maximum Gasteiger partial charge on any atom is 0.573 e. The van der Waals surface area contributed by atoms with Crippen molar-refractivity contribution in [2.75, 3.05) is 49.1 Å². The van der Waals surface area contributed by atoms with Gasteiger partial charge in [0.1, 0.15) is 5.75 Å². The third kappa shape index (κ3) is 5.36. The van der Waals surface area contributed by atoms with Gasteiger partial charge in [-0.25, -0.2) is 0 Å². The van der Waals surface area contributed by atoms with Gasteiger partial charge >= 0.3 is 6.36 Å². The SMILES string of the molecule is O=C(c1ccc(OC(F)(F)F)cc1)N1CCN(c2ccc(N3CCCCC3)nn2)CC1. The Balaban J connectivity index is 1.31. The molecule has 1 amide bonds. The Hall–Kier alpha value is -3.04. The predicted molar refractivity (Wildman–Crippen MR) is 109 cm³/mol. The molecule has 2 saturated heterocycles. The average molecular weight is 435 g/mol. The number of hydrogen-bond acceptors (Lipinski definition) is 6. The first-order valence-corrected chi connectivity index (χ1v) is 10.4. The van der Waals surface area contributed by atoms with Crippen LogP contribution in [0.2, 0.25) is 0 Å². The van der Waals surface area contributed by atoms with Crippen molar-refractivity contribution in [3.63, 3.8) is 0 Å². The predicted octanol–water partition coefficient (Wildman–Crippen LogP) is 3.33. The molecule has 0 spiro atoms. The number of nitrogens with zero attached hydrogens (tertiary/aromatic N) is 5. The molecular weight excluding hydrogens is 411 g/mol. The van der Waals surface area contributed by atoms with Gasteiger partial charge < -0.3 is 19.4 Å². The number of benzene rings is 1. The number of alkyl halides is 3. The summed E-state index contributed by atoms with van der Waals surface area (Å²) in [7, 11) is 0. The van der Waals surface area contributed by atoms with Gasteiger partial charge in [0.25, 0.3) is 5.91 Å². The highest BCUT2D eigenvalue weighted by Crippen LogP contribution is 2.24. The van der Waals surface area contributed by atoms with Crippen LogP contribution in [0.4, 0.5) is 24.8 Å². The fraction of sp³-hybridized carbons (Fsp3) is 0.476. The highest BCUT2D eigenvalue weighted by Gasteiger charge is 2.31. The van der Waals surface area contributed by atoms with E-state index in [4.69, 9.17) is 0 Å². The number of carbonyl (C=O) groups is 1. The largest absolute Gasteiger partial charge is 0.573 e. The van der Waals surface area contributed by atoms with Gasteiger partial charge in [0.15, 0.2) is 11.6 Å². The highest BCUT2D eigenvalue weighted by atomic mass is 19.4. The van der Waals surface area contributed by atoms with E-state index in [1.54, 1.807) is 4.90 Å². The fourth-order valence-corrected chi connectivity index (χ4v) is 3.90. The Morgan fingerprint density at radius 3 is 1.84 bits per heavy atom. The van der Waals surface area contributed by atoms with Crippen molar-refractivity contribution in [2.45, 2.75) is 25.6 Å². The molecule has 2 aliphatic heterocycles. The Labute approximate surface area is 178 Å². The number of rotatable bonds is 4. The van der Waals surface area contributed by atoms with Crippen molar-refractivity contribution in [3.05, 3.63) is 42.0 Å². The summed E-state index contributed by atoms with van der Waals surface area (Å²) in [4.78, 5) is 18.7. The molecule has 2 aromatic rings. The molecule has 2 aliphatic rings. The van der Waals surface area contributed by atoms with E-state index in [9.17, 15) is 18.0 Å². The van der Waals surface area contributed by atoms with E-state index < -0.39 is 6.36 Å². The van der Waals surface area contributed by atoms with E-state index in [1.807, 2.05) is 12.1 Å². The molecule has 2 fully saturated rings. The van der Waals surface area contributed by atoms with Crippen LogP contribution in [-0.2, 0) is 0 Å². The van der Waals surface area contributed by atoms with Crippen LogP contribution in [0.15, 0.2) is 36.4 Å². The second kappa shape index (κ2) is 8.99. The second-order valence-corrected chi connectivity index (χ2v) is 7.65. The first kappa shape index (κ1) is 21.2. The van der Waals surface area contributed by atoms with Crippen LogP contribution < -0.4 is 14.5 Å². The topological polar surface area (TPSA) is 61.8 Å². The molecule has 1 aromatic carbocycles. The van der Waals surface area contributed by atoms with Gasteiger partial charge in [0, 0.05) is 44.8 Å². The van der Waals surface area contributed by atoms with Crippen LogP contribution >= 0.6 is 0 Å². The third-order valence-electron chi connectivity index (χ3n) is 5.54. The van der Waals surface area contributed by atoms with E-state index in [2.05, 4.69) is 24.7 Å². The molecule has 0 saturated carbocycles. The Morgan fingerprint density at radius 1 is 0.774 bits per heavy atom. The van der Waals surface area contributed by atoms with Gasteiger partial charge in [-0.15, -0.1) is 23.4 Å². The zero-order valence-corrected chi connectivity index (χ0v) is 17.0. The molecule has 0 bridgehead atoms. The Morgan fingerprint density at radius 2 is 1.32 bits per heavy atom. The van der Waals surface area contributed by atoms with E-state index in [1.165, 1.54) is 31.4 Å². The summed E-state index contributed by atoms with van der Waals surface area (Å²) in [5, 5.41) is 8.74. The first-order chi connectivity index (χ1) is 14.9. The minimum absolute atomic E-state index is 0.218. The summed E-state index contributed by atoms with van der Waals surface area (Å²) in [5.74, 6) is 1.11. The van der Waals surface area contributed by atoms with Gasteiger partial charge in [-0.3, -0.25) is 4.79 Å². The quantitative estimate of drug-likeness (QED) is 0.734. The first-order valence-electron chi connectivity index (χ1n) is 10.4. The molecule has 0 radical (unpaired) electrons. The second-order valence-electron chi connectivity index (χ2n) is 7.65. The molecule has 0 N–H and O–H groups in total. The van der Waals surface area contributed by atoms with Crippen molar-refractivity contribution < 1.29 is 22.7 Å². The number of amides is 1. The number of ether oxygens (including phenoxy) is 1. The minimum Gasteiger partial charge on any atom is -0.406 e. The molecule has 0 aliphatic carbocycles. The van der Waals surface area contributed by atoms with Gasteiger partial charge in [0.05, 0.1) is 0 Å². The smallest absolute Gasteiger partial charge is 0.406 e. The fourth-order valence-electron chi connectivity index (χ4n) is 3.90. The lowest BCUT2D eigenvalue weighted by Crippen LogP contribution is -2.49. The molecule has 7 nitrogen and oxygen atoms in total. The number of anilines is 2. The molecule has 31 heavy (non-hydrogen) atoms. The summed E-state index contributed by atoms with van der Waals surface area (Å²) in [6.45, 7) is 4.23.